The minimum absolute atomic E-state index is 0.0330. The summed E-state index contributed by atoms with van der Waals surface area (Å²) >= 11 is 0. The normalized spacial score (nSPS) is 13.4. The molecule has 7 nitrogen and oxygen atoms in total. The van der Waals surface area contributed by atoms with Crippen molar-refractivity contribution in [2.45, 2.75) is 0 Å². The third-order valence-electron chi connectivity index (χ3n) is 4.03. The molecule has 4 aromatic rings. The quantitative estimate of drug-likeness (QED) is 0.584. The number of para-hydroxylation sites is 1. The number of ether oxygens (including phenoxy) is 1. The molecule has 2 aromatic heterocycles. The highest BCUT2D eigenvalue weighted by Gasteiger charge is 2.17. The third-order valence-corrected chi connectivity index (χ3v) is 4.03. The fraction of sp³-hybridized carbons (Fsp3) is 0.0556. The number of fused-ring (bicyclic) bond motifs is 4. The van der Waals surface area contributed by atoms with Crippen molar-refractivity contribution in [2.24, 2.45) is 0 Å². The van der Waals surface area contributed by atoms with Gasteiger partial charge in [0, 0.05) is 11.1 Å². The van der Waals surface area contributed by atoms with E-state index in [1.54, 1.807) is 12.1 Å². The topological polar surface area (TPSA) is 89.3 Å². The van der Waals surface area contributed by atoms with E-state index in [0.717, 1.165) is 22.2 Å². The average Bonchev–Trinajstić information content (AvgIpc) is 3.01. The largest absolute Gasteiger partial charge is 0.482 e. The Morgan fingerprint density at radius 2 is 2.04 bits per heavy atom. The lowest BCUT2D eigenvalue weighted by atomic mass is 10.2. The molecule has 1 aliphatic heterocycles. The molecule has 122 valence electrons. The molecule has 5 rings (SSSR count). The number of hydrogen-bond donors (Lipinski definition) is 2. The smallest absolute Gasteiger partial charge is 0.262 e. The van der Waals surface area contributed by atoms with Crippen LogP contribution < -0.4 is 15.4 Å². The summed E-state index contributed by atoms with van der Waals surface area (Å²) in [6.07, 6.45) is 1.50. The lowest BCUT2D eigenvalue weighted by Gasteiger charge is -2.18. The molecule has 2 N–H and O–H groups in total. The van der Waals surface area contributed by atoms with Gasteiger partial charge in [-0.3, -0.25) is 4.79 Å². The molecule has 0 unspecified atom stereocenters. The third kappa shape index (κ3) is 2.25. The maximum Gasteiger partial charge on any atom is 0.262 e. The molecule has 7 heteroatoms. The van der Waals surface area contributed by atoms with Gasteiger partial charge in [-0.05, 0) is 30.3 Å². The van der Waals surface area contributed by atoms with E-state index in [1.165, 1.54) is 6.33 Å². The molecular formula is C18H12N4O3. The second kappa shape index (κ2) is 5.20. The van der Waals surface area contributed by atoms with Crippen LogP contribution in [0.2, 0.25) is 0 Å². The van der Waals surface area contributed by atoms with Gasteiger partial charge in [0.2, 0.25) is 0 Å². The standard InChI is InChI=1S/C18H12N4O3/c23-15-8-24-14-6-5-10(7-12(14)22-15)21-18-17-16(19-9-20-18)11-3-1-2-4-13(11)25-17/h1-7,9H,8H2,(H,22,23)(H,19,20,21). The first-order chi connectivity index (χ1) is 12.3. The fourth-order valence-electron chi connectivity index (χ4n) is 2.91. The molecule has 0 spiro atoms. The van der Waals surface area contributed by atoms with E-state index < -0.39 is 0 Å². The van der Waals surface area contributed by atoms with Gasteiger partial charge in [0.1, 0.15) is 23.2 Å². The van der Waals surface area contributed by atoms with Gasteiger partial charge in [0.15, 0.2) is 18.0 Å². The van der Waals surface area contributed by atoms with Gasteiger partial charge in [-0.15, -0.1) is 0 Å². The Balaban J connectivity index is 1.58. The Morgan fingerprint density at radius 1 is 1.12 bits per heavy atom. The molecule has 0 radical (unpaired) electrons. The number of carbonyl (C=O) groups is 1. The highest BCUT2D eigenvalue weighted by Crippen LogP contribution is 2.34. The van der Waals surface area contributed by atoms with Crippen molar-refractivity contribution < 1.29 is 13.9 Å². The van der Waals surface area contributed by atoms with E-state index >= 15 is 0 Å². The highest BCUT2D eigenvalue weighted by atomic mass is 16.5. The van der Waals surface area contributed by atoms with E-state index in [2.05, 4.69) is 20.6 Å². The summed E-state index contributed by atoms with van der Waals surface area (Å²) in [5, 5.41) is 6.94. The highest BCUT2D eigenvalue weighted by molar-refractivity contribution is 6.06. The zero-order valence-corrected chi connectivity index (χ0v) is 12.9. The summed E-state index contributed by atoms with van der Waals surface area (Å²) in [7, 11) is 0. The molecule has 1 aliphatic rings. The maximum atomic E-state index is 11.5. The molecule has 0 aliphatic carbocycles. The van der Waals surface area contributed by atoms with E-state index in [4.69, 9.17) is 9.15 Å². The molecule has 0 bridgehead atoms. The van der Waals surface area contributed by atoms with Gasteiger partial charge in [-0.1, -0.05) is 12.1 Å². The van der Waals surface area contributed by atoms with Gasteiger partial charge in [0.25, 0.3) is 5.91 Å². The summed E-state index contributed by atoms with van der Waals surface area (Å²) in [6, 6.07) is 13.2. The van der Waals surface area contributed by atoms with Gasteiger partial charge in [0.05, 0.1) is 5.69 Å². The predicted octanol–water partition coefficient (Wildman–Crippen LogP) is 3.45. The van der Waals surface area contributed by atoms with E-state index in [0.29, 0.717) is 22.8 Å². The van der Waals surface area contributed by atoms with Gasteiger partial charge in [-0.2, -0.15) is 0 Å². The summed E-state index contributed by atoms with van der Waals surface area (Å²) in [5.41, 5.74) is 3.47. The van der Waals surface area contributed by atoms with Crippen LogP contribution in [0, 0.1) is 0 Å². The van der Waals surface area contributed by atoms with Crippen LogP contribution in [-0.2, 0) is 4.79 Å². The summed E-state index contributed by atoms with van der Waals surface area (Å²) in [4.78, 5) is 20.1. The van der Waals surface area contributed by atoms with Crippen molar-refractivity contribution in [1.29, 1.82) is 0 Å². The number of nitrogens with zero attached hydrogens (tertiary/aromatic N) is 2. The van der Waals surface area contributed by atoms with E-state index in [1.807, 2.05) is 30.3 Å². The lowest BCUT2D eigenvalue weighted by molar-refractivity contribution is -0.118. The maximum absolute atomic E-state index is 11.5. The number of rotatable bonds is 2. The van der Waals surface area contributed by atoms with Crippen molar-refractivity contribution >= 4 is 45.2 Å². The lowest BCUT2D eigenvalue weighted by Crippen LogP contribution is -2.25. The number of amides is 1. The van der Waals surface area contributed by atoms with E-state index in [9.17, 15) is 4.79 Å². The van der Waals surface area contributed by atoms with E-state index in [-0.39, 0.29) is 12.5 Å². The van der Waals surface area contributed by atoms with Crippen molar-refractivity contribution in [3.63, 3.8) is 0 Å². The van der Waals surface area contributed by atoms with Crippen LogP contribution in [-0.4, -0.2) is 22.5 Å². The number of benzene rings is 2. The van der Waals surface area contributed by atoms with Crippen molar-refractivity contribution in [3.8, 4) is 5.75 Å². The average molecular weight is 332 g/mol. The van der Waals surface area contributed by atoms with Crippen LogP contribution in [0.25, 0.3) is 22.1 Å². The van der Waals surface area contributed by atoms with Crippen LogP contribution in [0.4, 0.5) is 17.2 Å². The summed E-state index contributed by atoms with van der Waals surface area (Å²) in [5.74, 6) is 1.03. The molecule has 25 heavy (non-hydrogen) atoms. The zero-order valence-electron chi connectivity index (χ0n) is 12.9. The van der Waals surface area contributed by atoms with Crippen molar-refractivity contribution in [2.75, 3.05) is 17.2 Å². The number of anilines is 3. The molecule has 1 amide bonds. The number of furan rings is 1. The van der Waals surface area contributed by atoms with Crippen molar-refractivity contribution in [1.82, 2.24) is 9.97 Å². The molecule has 0 fully saturated rings. The Labute approximate surface area is 141 Å². The van der Waals surface area contributed by atoms with Crippen LogP contribution in [0.1, 0.15) is 0 Å². The monoisotopic (exact) mass is 332 g/mol. The van der Waals surface area contributed by atoms with Crippen molar-refractivity contribution in [3.05, 3.63) is 48.8 Å². The second-order valence-corrected chi connectivity index (χ2v) is 5.67. The molecule has 3 heterocycles. The second-order valence-electron chi connectivity index (χ2n) is 5.67. The van der Waals surface area contributed by atoms with Crippen LogP contribution in [0.15, 0.2) is 53.2 Å². The fourth-order valence-corrected chi connectivity index (χ4v) is 2.91. The first-order valence-corrected chi connectivity index (χ1v) is 7.74. The Hall–Kier alpha value is -3.61. The Morgan fingerprint density at radius 3 is 3.00 bits per heavy atom. The van der Waals surface area contributed by atoms with Crippen LogP contribution >= 0.6 is 0 Å². The van der Waals surface area contributed by atoms with Gasteiger partial charge >= 0.3 is 0 Å². The molecule has 2 aromatic carbocycles. The first-order valence-electron chi connectivity index (χ1n) is 7.74. The predicted molar refractivity (Wildman–Crippen MR) is 93.2 cm³/mol. The number of nitrogens with one attached hydrogen (secondary N) is 2. The Bertz CT molecular complexity index is 1140. The summed E-state index contributed by atoms with van der Waals surface area (Å²) in [6.45, 7) is 0.0330. The molecular weight excluding hydrogens is 320 g/mol. The van der Waals surface area contributed by atoms with Crippen LogP contribution in [0.5, 0.6) is 5.75 Å². The molecule has 0 atom stereocenters. The first kappa shape index (κ1) is 13.8. The summed E-state index contributed by atoms with van der Waals surface area (Å²) < 4.78 is 11.3. The SMILES string of the molecule is O=C1COc2ccc(Nc3ncnc4c3oc3ccccc34)cc2N1. The van der Waals surface area contributed by atoms with Gasteiger partial charge in [-0.25, -0.2) is 9.97 Å². The number of aromatic nitrogens is 2. The molecule has 0 saturated carbocycles. The molecule has 0 saturated heterocycles. The minimum atomic E-state index is -0.175. The zero-order chi connectivity index (χ0) is 16.8. The number of carbonyl (C=O) groups excluding carboxylic acids is 1. The van der Waals surface area contributed by atoms with Gasteiger partial charge < -0.3 is 19.8 Å². The number of hydrogen-bond acceptors (Lipinski definition) is 6. The Kier molecular flexibility index (Phi) is 2.87. The minimum Gasteiger partial charge on any atom is -0.482 e. The van der Waals surface area contributed by atoms with Crippen LogP contribution in [0.3, 0.4) is 0 Å².